The minimum Gasteiger partial charge on any atom is -0.467 e. The minimum atomic E-state index is -1.13. The van der Waals surface area contributed by atoms with Crippen LogP contribution in [-0.4, -0.2) is 50.2 Å². The first kappa shape index (κ1) is 19.6. The van der Waals surface area contributed by atoms with E-state index in [0.29, 0.717) is 0 Å². The fourth-order valence-corrected chi connectivity index (χ4v) is 1.97. The highest BCUT2D eigenvalue weighted by molar-refractivity contribution is 5.90. The standard InChI is InChI=1S/C16H23N3O5/c1-23-16(22)13(9-11-5-3-2-4-6-11)19-15(21)12(18)10-14(20)24-8-7-17/h2-6,12-13H,7-10,17-18H2,1H3,(H,19,21)/t12-,13+/m0/s1. The van der Waals surface area contributed by atoms with Gasteiger partial charge in [-0.3, -0.25) is 9.59 Å². The molecule has 132 valence electrons. The maximum atomic E-state index is 12.1. The van der Waals surface area contributed by atoms with Crippen molar-refractivity contribution in [2.45, 2.75) is 24.9 Å². The van der Waals surface area contributed by atoms with Crippen molar-refractivity contribution in [2.24, 2.45) is 11.5 Å². The molecule has 1 aromatic rings. The molecule has 0 bridgehead atoms. The highest BCUT2D eigenvalue weighted by atomic mass is 16.5. The maximum absolute atomic E-state index is 12.1. The summed E-state index contributed by atoms with van der Waals surface area (Å²) in [7, 11) is 1.23. The summed E-state index contributed by atoms with van der Waals surface area (Å²) in [5.74, 6) is -1.85. The van der Waals surface area contributed by atoms with E-state index in [9.17, 15) is 14.4 Å². The Hall–Kier alpha value is -2.45. The van der Waals surface area contributed by atoms with Gasteiger partial charge in [0.15, 0.2) is 0 Å². The third-order valence-corrected chi connectivity index (χ3v) is 3.19. The van der Waals surface area contributed by atoms with E-state index in [1.807, 2.05) is 30.3 Å². The summed E-state index contributed by atoms with van der Waals surface area (Å²) in [6.45, 7) is 0.251. The number of amides is 1. The van der Waals surface area contributed by atoms with Crippen LogP contribution in [0.25, 0.3) is 0 Å². The fourth-order valence-electron chi connectivity index (χ4n) is 1.97. The minimum absolute atomic E-state index is 0.0615. The predicted octanol–water partition coefficient (Wildman–Crippen LogP) is -0.894. The molecule has 1 amide bonds. The van der Waals surface area contributed by atoms with Crippen molar-refractivity contribution in [2.75, 3.05) is 20.3 Å². The number of hydrogen-bond acceptors (Lipinski definition) is 7. The van der Waals surface area contributed by atoms with Crippen LogP contribution in [0.1, 0.15) is 12.0 Å². The van der Waals surface area contributed by atoms with Crippen LogP contribution in [0.15, 0.2) is 30.3 Å². The fraction of sp³-hybridized carbons (Fsp3) is 0.438. The Morgan fingerprint density at radius 2 is 1.88 bits per heavy atom. The average Bonchev–Trinajstić information content (AvgIpc) is 2.59. The van der Waals surface area contributed by atoms with Crippen LogP contribution in [0.2, 0.25) is 0 Å². The van der Waals surface area contributed by atoms with Crippen molar-refractivity contribution in [1.29, 1.82) is 0 Å². The third kappa shape index (κ3) is 6.76. The van der Waals surface area contributed by atoms with E-state index in [-0.39, 0.29) is 26.0 Å². The lowest BCUT2D eigenvalue weighted by Gasteiger charge is -2.19. The Morgan fingerprint density at radius 3 is 2.46 bits per heavy atom. The molecule has 0 unspecified atom stereocenters. The van der Waals surface area contributed by atoms with Crippen molar-refractivity contribution in [3.8, 4) is 0 Å². The number of carbonyl (C=O) groups is 3. The molecule has 0 aliphatic rings. The van der Waals surface area contributed by atoms with Gasteiger partial charge in [-0.1, -0.05) is 30.3 Å². The molecule has 0 radical (unpaired) electrons. The predicted molar refractivity (Wildman–Crippen MR) is 86.7 cm³/mol. The first-order chi connectivity index (χ1) is 11.5. The average molecular weight is 337 g/mol. The molecule has 0 fully saturated rings. The lowest BCUT2D eigenvalue weighted by molar-refractivity contribution is -0.146. The summed E-state index contributed by atoms with van der Waals surface area (Å²) in [4.78, 5) is 35.4. The van der Waals surface area contributed by atoms with Gasteiger partial charge < -0.3 is 26.3 Å². The molecule has 24 heavy (non-hydrogen) atoms. The highest BCUT2D eigenvalue weighted by Crippen LogP contribution is 2.05. The number of rotatable bonds is 9. The van der Waals surface area contributed by atoms with E-state index in [0.717, 1.165) is 5.56 Å². The van der Waals surface area contributed by atoms with E-state index in [4.69, 9.17) is 20.9 Å². The number of carbonyl (C=O) groups excluding carboxylic acids is 3. The van der Waals surface area contributed by atoms with Crippen LogP contribution in [-0.2, 0) is 30.3 Å². The molecule has 8 heteroatoms. The van der Waals surface area contributed by atoms with Gasteiger partial charge in [-0.05, 0) is 5.56 Å². The van der Waals surface area contributed by atoms with E-state index >= 15 is 0 Å². The Kier molecular flexibility index (Phi) is 8.45. The zero-order valence-corrected chi connectivity index (χ0v) is 13.6. The lowest BCUT2D eigenvalue weighted by Crippen LogP contribution is -2.50. The number of methoxy groups -OCH3 is 1. The molecule has 0 aromatic heterocycles. The second kappa shape index (κ2) is 10.3. The summed E-state index contributed by atoms with van der Waals surface area (Å²) in [5, 5.41) is 2.51. The summed E-state index contributed by atoms with van der Waals surface area (Å²) >= 11 is 0. The summed E-state index contributed by atoms with van der Waals surface area (Å²) < 4.78 is 9.47. The molecule has 2 atom stereocenters. The largest absolute Gasteiger partial charge is 0.467 e. The molecule has 0 saturated heterocycles. The molecule has 5 N–H and O–H groups in total. The first-order valence-corrected chi connectivity index (χ1v) is 7.51. The highest BCUT2D eigenvalue weighted by Gasteiger charge is 2.26. The van der Waals surface area contributed by atoms with E-state index in [1.54, 1.807) is 0 Å². The molecule has 1 aromatic carbocycles. The van der Waals surface area contributed by atoms with Crippen LogP contribution in [0.4, 0.5) is 0 Å². The second-order valence-electron chi connectivity index (χ2n) is 5.09. The molecule has 8 nitrogen and oxygen atoms in total. The van der Waals surface area contributed by atoms with Crippen LogP contribution in [0.3, 0.4) is 0 Å². The zero-order chi connectivity index (χ0) is 17.9. The SMILES string of the molecule is COC(=O)[C@@H](Cc1ccccc1)NC(=O)[C@@H](N)CC(=O)OCCN. The molecule has 0 spiro atoms. The topological polar surface area (TPSA) is 134 Å². The van der Waals surface area contributed by atoms with E-state index < -0.39 is 29.9 Å². The summed E-state index contributed by atoms with van der Waals surface area (Å²) in [6.07, 6.45) is -0.0470. The number of hydrogen-bond donors (Lipinski definition) is 3. The van der Waals surface area contributed by atoms with Crippen molar-refractivity contribution in [3.63, 3.8) is 0 Å². The van der Waals surface area contributed by atoms with Crippen molar-refractivity contribution < 1.29 is 23.9 Å². The number of nitrogens with two attached hydrogens (primary N) is 2. The third-order valence-electron chi connectivity index (χ3n) is 3.19. The van der Waals surface area contributed by atoms with Gasteiger partial charge in [-0.15, -0.1) is 0 Å². The van der Waals surface area contributed by atoms with Gasteiger partial charge in [0, 0.05) is 13.0 Å². The maximum Gasteiger partial charge on any atom is 0.328 e. The van der Waals surface area contributed by atoms with Gasteiger partial charge >= 0.3 is 11.9 Å². The Bertz CT molecular complexity index is 550. The van der Waals surface area contributed by atoms with Crippen molar-refractivity contribution in [3.05, 3.63) is 35.9 Å². The monoisotopic (exact) mass is 337 g/mol. The van der Waals surface area contributed by atoms with Crippen molar-refractivity contribution >= 4 is 17.8 Å². The first-order valence-electron chi connectivity index (χ1n) is 7.51. The Labute approximate surface area is 140 Å². The van der Waals surface area contributed by atoms with E-state index in [1.165, 1.54) is 7.11 Å². The summed E-state index contributed by atoms with van der Waals surface area (Å²) in [6, 6.07) is 7.13. The van der Waals surface area contributed by atoms with Gasteiger partial charge in [0.2, 0.25) is 5.91 Å². The van der Waals surface area contributed by atoms with Gasteiger partial charge in [0.1, 0.15) is 12.6 Å². The van der Waals surface area contributed by atoms with Crippen LogP contribution in [0, 0.1) is 0 Å². The molecular formula is C16H23N3O5. The Morgan fingerprint density at radius 1 is 1.21 bits per heavy atom. The van der Waals surface area contributed by atoms with Crippen LogP contribution >= 0.6 is 0 Å². The van der Waals surface area contributed by atoms with Crippen LogP contribution in [0.5, 0.6) is 0 Å². The normalized spacial score (nSPS) is 12.8. The molecule has 0 heterocycles. The van der Waals surface area contributed by atoms with Gasteiger partial charge in [0.05, 0.1) is 19.6 Å². The summed E-state index contributed by atoms with van der Waals surface area (Å²) in [5.41, 5.74) is 11.7. The number of ether oxygens (including phenoxy) is 2. The molecule has 0 saturated carbocycles. The van der Waals surface area contributed by atoms with Gasteiger partial charge in [-0.25, -0.2) is 4.79 Å². The molecule has 1 rings (SSSR count). The molecule has 0 aliphatic carbocycles. The van der Waals surface area contributed by atoms with Crippen LogP contribution < -0.4 is 16.8 Å². The van der Waals surface area contributed by atoms with E-state index in [2.05, 4.69) is 5.32 Å². The van der Waals surface area contributed by atoms with Gasteiger partial charge in [-0.2, -0.15) is 0 Å². The quantitative estimate of drug-likeness (QED) is 0.497. The van der Waals surface area contributed by atoms with Gasteiger partial charge in [0.25, 0.3) is 0 Å². The number of esters is 2. The second-order valence-corrected chi connectivity index (χ2v) is 5.09. The van der Waals surface area contributed by atoms with Crippen molar-refractivity contribution in [1.82, 2.24) is 5.32 Å². The number of nitrogens with one attached hydrogen (secondary N) is 1. The Balaban J connectivity index is 2.63. The molecule has 0 aliphatic heterocycles. The lowest BCUT2D eigenvalue weighted by atomic mass is 10.1. The zero-order valence-electron chi connectivity index (χ0n) is 13.6. The number of benzene rings is 1. The smallest absolute Gasteiger partial charge is 0.328 e. The molecular weight excluding hydrogens is 314 g/mol.